The van der Waals surface area contributed by atoms with E-state index in [2.05, 4.69) is 12.2 Å². The lowest BCUT2D eigenvalue weighted by Gasteiger charge is -2.38. The lowest BCUT2D eigenvalue weighted by molar-refractivity contribution is -0.124. The first-order chi connectivity index (χ1) is 10.2. The van der Waals surface area contributed by atoms with Gasteiger partial charge >= 0.3 is 0 Å². The van der Waals surface area contributed by atoms with Gasteiger partial charge in [-0.15, -0.1) is 0 Å². The highest BCUT2D eigenvalue weighted by Crippen LogP contribution is 2.50. The molecule has 5 rings (SSSR count). The molecule has 0 spiro atoms. The van der Waals surface area contributed by atoms with Crippen molar-refractivity contribution in [2.45, 2.75) is 12.8 Å². The van der Waals surface area contributed by atoms with Crippen LogP contribution >= 0.6 is 0 Å². The third-order valence-electron chi connectivity index (χ3n) is 5.01. The third kappa shape index (κ3) is 1.61. The smallest absolute Gasteiger partial charge is 0.238 e. The Morgan fingerprint density at radius 2 is 1.48 bits per heavy atom. The predicted octanol–water partition coefficient (Wildman–Crippen LogP) is 2.26. The molecule has 1 heterocycles. The highest BCUT2D eigenvalue weighted by molar-refractivity contribution is 6.22. The van der Waals surface area contributed by atoms with Crippen LogP contribution in [0, 0.1) is 35.0 Å². The largest absolute Gasteiger partial charge is 0.274 e. The van der Waals surface area contributed by atoms with Gasteiger partial charge in [-0.3, -0.25) is 14.5 Å². The van der Waals surface area contributed by atoms with Crippen LogP contribution in [0.25, 0.3) is 0 Å². The van der Waals surface area contributed by atoms with Gasteiger partial charge in [0, 0.05) is 0 Å². The van der Waals surface area contributed by atoms with Gasteiger partial charge in [0.25, 0.3) is 0 Å². The van der Waals surface area contributed by atoms with Crippen molar-refractivity contribution in [2.75, 3.05) is 4.90 Å². The molecule has 21 heavy (non-hydrogen) atoms. The van der Waals surface area contributed by atoms with E-state index in [0.29, 0.717) is 11.3 Å². The Balaban J connectivity index is 1.73. The number of hydrogen-bond acceptors (Lipinski definition) is 3. The number of nitriles is 1. The fourth-order valence-electron chi connectivity index (χ4n) is 4.01. The Morgan fingerprint density at radius 1 is 0.952 bits per heavy atom. The number of allylic oxidation sites excluding steroid dienone is 2. The Kier molecular flexibility index (Phi) is 2.52. The minimum Gasteiger partial charge on any atom is -0.274 e. The van der Waals surface area contributed by atoms with Gasteiger partial charge in [-0.05, 0) is 48.9 Å². The van der Waals surface area contributed by atoms with E-state index < -0.39 is 0 Å². The number of anilines is 1. The number of nitrogens with zero attached hydrogens (tertiary/aromatic N) is 2. The zero-order valence-corrected chi connectivity index (χ0v) is 11.4. The van der Waals surface area contributed by atoms with Gasteiger partial charge in [0.05, 0.1) is 29.2 Å². The first-order valence-corrected chi connectivity index (χ1v) is 7.27. The summed E-state index contributed by atoms with van der Waals surface area (Å²) in [6, 6.07) is 8.69. The molecule has 0 radical (unpaired) electrons. The molecule has 4 nitrogen and oxygen atoms in total. The second-order valence-electron chi connectivity index (χ2n) is 6.01. The summed E-state index contributed by atoms with van der Waals surface area (Å²) in [4.78, 5) is 26.7. The van der Waals surface area contributed by atoms with E-state index in [1.807, 2.05) is 6.07 Å². The summed E-state index contributed by atoms with van der Waals surface area (Å²) in [7, 11) is 0. The van der Waals surface area contributed by atoms with Crippen molar-refractivity contribution in [3.05, 3.63) is 42.0 Å². The number of hydrogen-bond donors (Lipinski definition) is 0. The highest BCUT2D eigenvalue weighted by atomic mass is 16.2. The van der Waals surface area contributed by atoms with Crippen molar-refractivity contribution < 1.29 is 9.59 Å². The van der Waals surface area contributed by atoms with Crippen LogP contribution in [0.15, 0.2) is 36.4 Å². The van der Waals surface area contributed by atoms with Gasteiger partial charge in [-0.25, -0.2) is 0 Å². The van der Waals surface area contributed by atoms with Crippen molar-refractivity contribution in [1.82, 2.24) is 0 Å². The summed E-state index contributed by atoms with van der Waals surface area (Å²) in [6.07, 6.45) is 6.23. The molecule has 0 aromatic heterocycles. The summed E-state index contributed by atoms with van der Waals surface area (Å²) in [5, 5.41) is 8.84. The number of carbonyl (C=O) groups is 2. The summed E-state index contributed by atoms with van der Waals surface area (Å²) in [5.41, 5.74) is 1.11. The maximum absolute atomic E-state index is 12.7. The molecule has 1 aromatic rings. The van der Waals surface area contributed by atoms with Crippen LogP contribution in [0.3, 0.4) is 0 Å². The number of rotatable bonds is 1. The Morgan fingerprint density at radius 3 is 1.90 bits per heavy atom. The third-order valence-corrected chi connectivity index (χ3v) is 5.01. The summed E-state index contributed by atoms with van der Waals surface area (Å²) < 4.78 is 0. The van der Waals surface area contributed by atoms with Crippen LogP contribution in [0.2, 0.25) is 0 Å². The minimum absolute atomic E-state index is 0.0752. The van der Waals surface area contributed by atoms with Crippen molar-refractivity contribution in [3.63, 3.8) is 0 Å². The number of imide groups is 1. The van der Waals surface area contributed by atoms with Crippen LogP contribution < -0.4 is 4.90 Å². The molecule has 1 aliphatic heterocycles. The van der Waals surface area contributed by atoms with Gasteiger partial charge in [-0.2, -0.15) is 5.26 Å². The standard InChI is InChI=1S/C17H14N2O2/c18-9-10-1-7-13(8-2-10)19-16(20)14-11-3-4-12(6-5-11)15(14)17(19)21/h1-4,7-8,11-12,14-15H,5-6H2/t11-,12-,14-,15+/m1/s1. The van der Waals surface area contributed by atoms with Crippen molar-refractivity contribution in [3.8, 4) is 6.07 Å². The lowest BCUT2D eigenvalue weighted by Crippen LogP contribution is -2.38. The SMILES string of the molecule is N#Cc1ccc(N2C(=O)[C@@H]3[C@H](C2=O)[C@@H]2C=C[C@@H]3CC2)cc1. The highest BCUT2D eigenvalue weighted by Gasteiger charge is 2.56. The maximum Gasteiger partial charge on any atom is 0.238 e. The van der Waals surface area contributed by atoms with E-state index in [4.69, 9.17) is 5.26 Å². The maximum atomic E-state index is 12.7. The monoisotopic (exact) mass is 278 g/mol. The van der Waals surface area contributed by atoms with Crippen LogP contribution in [0.5, 0.6) is 0 Å². The van der Waals surface area contributed by atoms with E-state index in [-0.39, 0.29) is 35.5 Å². The molecule has 0 unspecified atom stereocenters. The second-order valence-corrected chi connectivity index (χ2v) is 6.01. The molecule has 2 fully saturated rings. The van der Waals surface area contributed by atoms with E-state index in [9.17, 15) is 9.59 Å². The van der Waals surface area contributed by atoms with Crippen molar-refractivity contribution in [2.24, 2.45) is 23.7 Å². The molecule has 4 heteroatoms. The molecular weight excluding hydrogens is 264 g/mol. The van der Waals surface area contributed by atoms with E-state index in [0.717, 1.165) is 12.8 Å². The van der Waals surface area contributed by atoms with Gasteiger partial charge in [0.15, 0.2) is 0 Å². The van der Waals surface area contributed by atoms with Crippen LogP contribution in [0.1, 0.15) is 18.4 Å². The normalized spacial score (nSPS) is 33.2. The van der Waals surface area contributed by atoms with Gasteiger partial charge in [0.2, 0.25) is 11.8 Å². The van der Waals surface area contributed by atoms with E-state index in [1.165, 1.54) is 4.90 Å². The van der Waals surface area contributed by atoms with E-state index in [1.54, 1.807) is 24.3 Å². The Labute approximate surface area is 122 Å². The van der Waals surface area contributed by atoms with Crippen LogP contribution in [0.4, 0.5) is 5.69 Å². The first-order valence-electron chi connectivity index (χ1n) is 7.27. The van der Waals surface area contributed by atoms with Crippen molar-refractivity contribution in [1.29, 1.82) is 5.26 Å². The fourth-order valence-corrected chi connectivity index (χ4v) is 4.01. The van der Waals surface area contributed by atoms with Gasteiger partial charge in [0.1, 0.15) is 0 Å². The molecule has 1 saturated heterocycles. The molecule has 0 N–H and O–H groups in total. The zero-order valence-electron chi connectivity index (χ0n) is 11.4. The number of amides is 2. The lowest BCUT2D eigenvalue weighted by atomic mass is 9.63. The van der Waals surface area contributed by atoms with Crippen molar-refractivity contribution >= 4 is 17.5 Å². The zero-order chi connectivity index (χ0) is 14.6. The average Bonchev–Trinajstić information content (AvgIpc) is 2.82. The van der Waals surface area contributed by atoms with Gasteiger partial charge < -0.3 is 0 Å². The topological polar surface area (TPSA) is 61.2 Å². The molecule has 3 aliphatic carbocycles. The Bertz CT molecular complexity index is 666. The molecular formula is C17H14N2O2. The fraction of sp³-hybridized carbons (Fsp3) is 0.353. The quantitative estimate of drug-likeness (QED) is 0.584. The van der Waals surface area contributed by atoms with Gasteiger partial charge in [-0.1, -0.05) is 12.2 Å². The van der Waals surface area contributed by atoms with Crippen LogP contribution in [-0.4, -0.2) is 11.8 Å². The molecule has 4 aliphatic rings. The average molecular weight is 278 g/mol. The second kappa shape index (κ2) is 4.29. The summed E-state index contributed by atoms with van der Waals surface area (Å²) in [6.45, 7) is 0. The summed E-state index contributed by atoms with van der Waals surface area (Å²) in [5.74, 6) is -0.101. The predicted molar refractivity (Wildman–Crippen MR) is 76.0 cm³/mol. The Hall–Kier alpha value is -2.41. The molecule has 4 atom stereocenters. The number of carbonyl (C=O) groups excluding carboxylic acids is 2. The molecule has 1 aromatic carbocycles. The molecule has 2 amide bonds. The minimum atomic E-state index is -0.183. The van der Waals surface area contributed by atoms with Crippen LogP contribution in [-0.2, 0) is 9.59 Å². The first kappa shape index (κ1) is 12.3. The molecule has 1 saturated carbocycles. The number of fused-ring (bicyclic) bond motifs is 1. The molecule has 2 bridgehead atoms. The number of benzene rings is 1. The van der Waals surface area contributed by atoms with E-state index >= 15 is 0 Å². The molecule has 104 valence electrons. The summed E-state index contributed by atoms with van der Waals surface area (Å²) >= 11 is 0.